The Morgan fingerprint density at radius 1 is 1.24 bits per heavy atom. The van der Waals surface area contributed by atoms with Crippen LogP contribution in [-0.2, 0) is 16.8 Å². The number of benzene rings is 1. The van der Waals surface area contributed by atoms with Crippen LogP contribution in [0.15, 0.2) is 29.4 Å². The van der Waals surface area contributed by atoms with Crippen molar-refractivity contribution in [3.8, 4) is 0 Å². The van der Waals surface area contributed by atoms with Crippen molar-refractivity contribution in [1.29, 1.82) is 0 Å². The van der Waals surface area contributed by atoms with Gasteiger partial charge in [0.25, 0.3) is 0 Å². The second kappa shape index (κ2) is 7.61. The van der Waals surface area contributed by atoms with Crippen molar-refractivity contribution in [2.75, 3.05) is 37.8 Å². The molecule has 1 saturated heterocycles. The molecule has 1 spiro atoms. The molecular formula is C21H22ClF2N3OS. The van der Waals surface area contributed by atoms with Gasteiger partial charge in [0.15, 0.2) is 11.6 Å². The molecule has 4 nitrogen and oxygen atoms in total. The SMILES string of the molecule is Fc1cccc(F)c1N1CC(CN2CCC3(CC2)OCCc2cc(Cl)sc23)C=N1. The summed E-state index contributed by atoms with van der Waals surface area (Å²) in [6, 6.07) is 5.99. The van der Waals surface area contributed by atoms with Crippen molar-refractivity contribution in [3.63, 3.8) is 0 Å². The topological polar surface area (TPSA) is 28.1 Å². The smallest absolute Gasteiger partial charge is 0.151 e. The zero-order valence-electron chi connectivity index (χ0n) is 15.9. The maximum atomic E-state index is 14.0. The number of hydrogen-bond donors (Lipinski definition) is 0. The van der Waals surface area contributed by atoms with Gasteiger partial charge >= 0.3 is 0 Å². The van der Waals surface area contributed by atoms with Gasteiger partial charge in [-0.2, -0.15) is 5.10 Å². The summed E-state index contributed by atoms with van der Waals surface area (Å²) in [5, 5.41) is 5.69. The third-order valence-electron chi connectivity index (χ3n) is 6.12. The Balaban J connectivity index is 1.21. The Hall–Kier alpha value is -1.54. The number of ether oxygens (including phenoxy) is 1. The summed E-state index contributed by atoms with van der Waals surface area (Å²) in [5.41, 5.74) is 1.07. The third-order valence-corrected chi connectivity index (χ3v) is 7.61. The van der Waals surface area contributed by atoms with E-state index in [2.05, 4.69) is 16.1 Å². The van der Waals surface area contributed by atoms with Gasteiger partial charge in [0.2, 0.25) is 0 Å². The van der Waals surface area contributed by atoms with Gasteiger partial charge in [-0.25, -0.2) is 8.78 Å². The van der Waals surface area contributed by atoms with E-state index >= 15 is 0 Å². The fraction of sp³-hybridized carbons (Fsp3) is 0.476. The molecule has 154 valence electrons. The van der Waals surface area contributed by atoms with Crippen LogP contribution < -0.4 is 5.01 Å². The molecule has 0 radical (unpaired) electrons. The summed E-state index contributed by atoms with van der Waals surface area (Å²) >= 11 is 7.92. The molecule has 2 aromatic rings. The van der Waals surface area contributed by atoms with Crippen LogP contribution in [0.1, 0.15) is 23.3 Å². The van der Waals surface area contributed by atoms with Crippen LogP contribution >= 0.6 is 22.9 Å². The van der Waals surface area contributed by atoms with E-state index in [4.69, 9.17) is 16.3 Å². The van der Waals surface area contributed by atoms with E-state index in [1.54, 1.807) is 11.3 Å². The van der Waals surface area contributed by atoms with Gasteiger partial charge in [0, 0.05) is 36.6 Å². The highest BCUT2D eigenvalue weighted by molar-refractivity contribution is 7.16. The molecule has 3 aliphatic rings. The first-order valence-electron chi connectivity index (χ1n) is 9.95. The molecule has 1 aromatic carbocycles. The lowest BCUT2D eigenvalue weighted by atomic mass is 9.85. The summed E-state index contributed by atoms with van der Waals surface area (Å²) in [6.07, 6.45) is 4.62. The molecule has 1 aromatic heterocycles. The maximum absolute atomic E-state index is 14.0. The molecule has 0 saturated carbocycles. The number of fused-ring (bicyclic) bond motifs is 2. The molecule has 0 N–H and O–H groups in total. The maximum Gasteiger partial charge on any atom is 0.151 e. The molecular weight excluding hydrogens is 416 g/mol. The normalized spacial score (nSPS) is 23.7. The largest absolute Gasteiger partial charge is 0.369 e. The molecule has 4 heterocycles. The first-order chi connectivity index (χ1) is 14.0. The van der Waals surface area contributed by atoms with Crippen LogP contribution in [0, 0.1) is 17.6 Å². The van der Waals surface area contributed by atoms with Gasteiger partial charge in [-0.05, 0) is 43.0 Å². The number of hydrazone groups is 1. The lowest BCUT2D eigenvalue weighted by Gasteiger charge is -2.44. The van der Waals surface area contributed by atoms with E-state index in [9.17, 15) is 8.78 Å². The molecule has 0 bridgehead atoms. The standard InChI is InChI=1S/C21H22ClF2N3OS/c22-18-10-15-4-9-28-21(20(15)29-18)5-7-26(8-6-21)12-14-11-25-27(13-14)19-16(23)2-1-3-17(19)24/h1-3,10-11,14H,4-9,12-13H2. The van der Waals surface area contributed by atoms with E-state index in [-0.39, 0.29) is 17.2 Å². The number of nitrogens with zero attached hydrogens (tertiary/aromatic N) is 3. The fourth-order valence-electron chi connectivity index (χ4n) is 4.67. The third kappa shape index (κ3) is 3.58. The van der Waals surface area contributed by atoms with Crippen molar-refractivity contribution in [2.45, 2.75) is 24.9 Å². The Kier molecular flexibility index (Phi) is 5.10. The minimum Gasteiger partial charge on any atom is -0.369 e. The number of piperidine rings is 1. The van der Waals surface area contributed by atoms with Crippen LogP contribution in [0.2, 0.25) is 4.34 Å². The number of rotatable bonds is 3. The molecule has 0 amide bonds. The number of anilines is 1. The first-order valence-corrected chi connectivity index (χ1v) is 11.1. The predicted molar refractivity (Wildman–Crippen MR) is 112 cm³/mol. The zero-order valence-corrected chi connectivity index (χ0v) is 17.5. The van der Waals surface area contributed by atoms with E-state index in [0.717, 1.165) is 49.8 Å². The van der Waals surface area contributed by atoms with Crippen molar-refractivity contribution < 1.29 is 13.5 Å². The van der Waals surface area contributed by atoms with Crippen molar-refractivity contribution in [3.05, 3.63) is 50.7 Å². The van der Waals surface area contributed by atoms with Gasteiger partial charge in [0.05, 0.1) is 17.5 Å². The van der Waals surface area contributed by atoms with Crippen LogP contribution in [0.4, 0.5) is 14.5 Å². The monoisotopic (exact) mass is 437 g/mol. The van der Waals surface area contributed by atoms with E-state index in [0.29, 0.717) is 6.54 Å². The van der Waals surface area contributed by atoms with Gasteiger partial charge in [0.1, 0.15) is 11.3 Å². The van der Waals surface area contributed by atoms with Crippen LogP contribution in [-0.4, -0.2) is 43.9 Å². The number of hydrogen-bond acceptors (Lipinski definition) is 5. The van der Waals surface area contributed by atoms with E-state index in [1.165, 1.54) is 33.6 Å². The van der Waals surface area contributed by atoms with Crippen molar-refractivity contribution in [2.24, 2.45) is 11.0 Å². The molecule has 1 unspecified atom stereocenters. The molecule has 5 rings (SSSR count). The highest BCUT2D eigenvalue weighted by Crippen LogP contribution is 2.46. The van der Waals surface area contributed by atoms with Crippen molar-refractivity contribution in [1.82, 2.24) is 4.90 Å². The highest BCUT2D eigenvalue weighted by atomic mass is 35.5. The second-order valence-corrected chi connectivity index (χ2v) is 9.66. The van der Waals surface area contributed by atoms with Crippen LogP contribution in [0.5, 0.6) is 0 Å². The van der Waals surface area contributed by atoms with Crippen LogP contribution in [0.25, 0.3) is 0 Å². The second-order valence-electron chi connectivity index (χ2n) is 7.98. The van der Waals surface area contributed by atoms with Gasteiger partial charge in [-0.1, -0.05) is 17.7 Å². The Morgan fingerprint density at radius 3 is 2.76 bits per heavy atom. The van der Waals surface area contributed by atoms with Crippen molar-refractivity contribution >= 4 is 34.8 Å². The predicted octanol–water partition coefficient (Wildman–Crippen LogP) is 4.67. The lowest BCUT2D eigenvalue weighted by Crippen LogP contribution is -2.47. The summed E-state index contributed by atoms with van der Waals surface area (Å²) in [5.74, 6) is -1.02. The Bertz CT molecular complexity index is 922. The van der Waals surface area contributed by atoms with Gasteiger partial charge in [-0.3, -0.25) is 5.01 Å². The lowest BCUT2D eigenvalue weighted by molar-refractivity contribution is -0.0955. The molecule has 3 aliphatic heterocycles. The summed E-state index contributed by atoms with van der Waals surface area (Å²) in [4.78, 5) is 3.70. The summed E-state index contributed by atoms with van der Waals surface area (Å²) < 4.78 is 35.2. The van der Waals surface area contributed by atoms with E-state index in [1.807, 2.05) is 6.21 Å². The van der Waals surface area contributed by atoms with Gasteiger partial charge < -0.3 is 9.64 Å². The number of para-hydroxylation sites is 1. The van der Waals surface area contributed by atoms with Crippen LogP contribution in [0.3, 0.4) is 0 Å². The average molecular weight is 438 g/mol. The summed E-state index contributed by atoms with van der Waals surface area (Å²) in [7, 11) is 0. The molecule has 0 aliphatic carbocycles. The zero-order chi connectivity index (χ0) is 20.0. The Labute approximate surface area is 177 Å². The minimum atomic E-state index is -0.581. The summed E-state index contributed by atoms with van der Waals surface area (Å²) in [6.45, 7) is 3.91. The minimum absolute atomic E-state index is 0.0680. The quantitative estimate of drug-likeness (QED) is 0.698. The first kappa shape index (κ1) is 19.4. The number of halogens is 3. The Morgan fingerprint density at radius 2 is 2.00 bits per heavy atom. The molecule has 1 atom stereocenters. The number of thiophene rings is 1. The number of likely N-dealkylation sites (tertiary alicyclic amines) is 1. The average Bonchev–Trinajstić information content (AvgIpc) is 3.31. The molecule has 8 heteroatoms. The molecule has 29 heavy (non-hydrogen) atoms. The van der Waals surface area contributed by atoms with Gasteiger partial charge in [-0.15, -0.1) is 11.3 Å². The molecule has 1 fully saturated rings. The van der Waals surface area contributed by atoms with E-state index < -0.39 is 11.6 Å². The highest BCUT2D eigenvalue weighted by Gasteiger charge is 2.42. The fourth-order valence-corrected chi connectivity index (χ4v) is 6.17.